The Hall–Kier alpha value is 0.270. The first-order valence-corrected chi connectivity index (χ1v) is 1.65. The van der Waals surface area contributed by atoms with Crippen LogP contribution in [-0.4, -0.2) is 22.0 Å². The van der Waals surface area contributed by atoms with Crippen LogP contribution >= 0.6 is 0 Å². The van der Waals surface area contributed by atoms with Crippen LogP contribution in [0.1, 0.15) is 0 Å². The predicted octanol–water partition coefficient (Wildman–Crippen LogP) is -1.90. The predicted molar refractivity (Wildman–Crippen MR) is 21.1 cm³/mol. The largest absolute Gasteiger partial charge is 0.665 e. The summed E-state index contributed by atoms with van der Waals surface area (Å²) in [7, 11) is 1.36. The summed E-state index contributed by atoms with van der Waals surface area (Å²) in [6, 6.07) is 0. The van der Waals surface area contributed by atoms with Gasteiger partial charge in [0, 0.05) is 19.5 Å². The average Bonchev–Trinajstić information content (AvgIpc) is 1.46. The number of aliphatic hydroxyl groups excluding tert-OH is 1. The minimum Gasteiger partial charge on any atom is -0.665 e. The van der Waals surface area contributed by atoms with Gasteiger partial charge in [-0.15, -0.1) is 0 Å². The minimum absolute atomic E-state index is 0. The summed E-state index contributed by atoms with van der Waals surface area (Å²) in [4.78, 5) is 8.24. The molecule has 0 saturated heterocycles. The molecule has 0 aromatic heterocycles. The second-order valence-corrected chi connectivity index (χ2v) is 0.0913. The van der Waals surface area contributed by atoms with E-state index in [4.69, 9.17) is 9.90 Å². The third-order valence-electron chi connectivity index (χ3n) is 0. The van der Waals surface area contributed by atoms with Gasteiger partial charge in [0.25, 0.3) is 0 Å². The van der Waals surface area contributed by atoms with Gasteiger partial charge in [0.2, 0.25) is 0 Å². The Morgan fingerprint density at radius 2 is 1.67 bits per heavy atom. The second-order valence-electron chi connectivity index (χ2n) is 0.0913. The van der Waals surface area contributed by atoms with Crippen LogP contribution in [0.25, 0.3) is 0 Å². The molecule has 0 aromatic carbocycles. The van der Waals surface area contributed by atoms with Gasteiger partial charge in [-0.2, -0.15) is 0 Å². The molecule has 3 N–H and O–H groups in total. The van der Waals surface area contributed by atoms with E-state index >= 15 is 0 Å². The molecule has 0 fully saturated rings. The Balaban J connectivity index is -0.0000000275. The molecule has 0 unspecified atom stereocenters. The summed E-state index contributed by atoms with van der Waals surface area (Å²) in [6.45, 7) is 0.500. The second kappa shape index (κ2) is 59.6. The van der Waals surface area contributed by atoms with Crippen molar-refractivity contribution in [3.05, 3.63) is 0 Å². The maximum absolute atomic E-state index is 8.24. The molecular formula is CH5NO2SiZn-. The van der Waals surface area contributed by atoms with Crippen molar-refractivity contribution in [1.29, 1.82) is 0 Å². The van der Waals surface area contributed by atoms with E-state index in [1.165, 1.54) is 10.4 Å². The molecule has 0 aromatic rings. The zero-order valence-electron chi connectivity index (χ0n) is 3.35. The first-order chi connectivity index (χ1) is 2.41. The molecule has 6 heavy (non-hydrogen) atoms. The molecule has 3 nitrogen and oxygen atoms in total. The molecule has 0 bridgehead atoms. The van der Waals surface area contributed by atoms with Gasteiger partial charge in [0.1, 0.15) is 0 Å². The van der Waals surface area contributed by atoms with Crippen LogP contribution in [0.4, 0.5) is 0 Å². The van der Waals surface area contributed by atoms with Gasteiger partial charge in [-0.3, -0.25) is 0 Å². The summed E-state index contributed by atoms with van der Waals surface area (Å²) >= 11 is 0. The van der Waals surface area contributed by atoms with Crippen LogP contribution in [0.5, 0.6) is 0 Å². The molecule has 1 radical (unpaired) electrons. The fraction of sp³-hybridized carbons (Fsp3) is 0. The van der Waals surface area contributed by atoms with Crippen molar-refractivity contribution in [2.75, 3.05) is 0 Å². The standard InChI is InChI=1S/CHO2.H4NSi.Zn/c2-1-3;1-2;/h(H,2,3);1-2H2;/q-1;;. The maximum Gasteiger partial charge on any atom is 0.0902 e. The van der Waals surface area contributed by atoms with Crippen LogP contribution in [0.2, 0.25) is 0 Å². The number of hydrogen-bond donors (Lipinski definition) is 2. The van der Waals surface area contributed by atoms with Crippen molar-refractivity contribution in [3.8, 4) is 0 Å². The van der Waals surface area contributed by atoms with Crippen LogP contribution in [0, 0.1) is 0 Å². The Bertz CT molecular complexity index is 21.0. The first kappa shape index (κ1) is 16.3. The van der Waals surface area contributed by atoms with Crippen molar-refractivity contribution in [2.45, 2.75) is 0 Å². The molecule has 0 aliphatic heterocycles. The summed E-state index contributed by atoms with van der Waals surface area (Å²) in [6.07, 6.45) is 0. The Morgan fingerprint density at radius 3 is 1.67 bits per heavy atom. The molecular weight excluding hydrogens is 151 g/mol. The molecule has 0 atom stereocenters. The molecule has 0 rings (SSSR count). The smallest absolute Gasteiger partial charge is 0.0902 e. The van der Waals surface area contributed by atoms with Crippen LogP contribution in [0.15, 0.2) is 0 Å². The minimum atomic E-state index is 0. The van der Waals surface area contributed by atoms with Crippen LogP contribution in [-0.2, 0) is 24.3 Å². The van der Waals surface area contributed by atoms with Gasteiger partial charge in [-0.1, -0.05) is 6.47 Å². The van der Waals surface area contributed by atoms with E-state index in [1.54, 1.807) is 0 Å². The summed E-state index contributed by atoms with van der Waals surface area (Å²) in [5.41, 5.74) is 0. The monoisotopic (exact) mass is 155 g/mol. The van der Waals surface area contributed by atoms with Gasteiger partial charge in [0.15, 0.2) is 0 Å². The summed E-state index contributed by atoms with van der Waals surface area (Å²) in [5, 5.41) is 11.3. The topological polar surface area (TPSA) is 63.3 Å². The van der Waals surface area contributed by atoms with E-state index in [0.29, 0.717) is 6.47 Å². The Morgan fingerprint density at radius 1 is 1.67 bits per heavy atom. The zero-order valence-corrected chi connectivity index (χ0v) is 7.73. The van der Waals surface area contributed by atoms with E-state index in [1.807, 2.05) is 0 Å². The van der Waals surface area contributed by atoms with Crippen molar-refractivity contribution < 1.29 is 29.4 Å². The number of hydrogen-bond acceptors (Lipinski definition) is 2. The molecule has 0 saturated carbocycles. The van der Waals surface area contributed by atoms with E-state index in [-0.39, 0.29) is 19.5 Å². The molecule has 5 heteroatoms. The van der Waals surface area contributed by atoms with Crippen molar-refractivity contribution in [2.24, 2.45) is 5.40 Å². The zero-order chi connectivity index (χ0) is 4.71. The summed E-state index contributed by atoms with van der Waals surface area (Å²) < 4.78 is 0. The van der Waals surface area contributed by atoms with Gasteiger partial charge < -0.3 is 15.3 Å². The quantitative estimate of drug-likeness (QED) is 0.318. The Kier molecular flexibility index (Phi) is 162. The van der Waals surface area contributed by atoms with Gasteiger partial charge in [0.05, 0.1) is 10.4 Å². The number of nitrogens with two attached hydrogens (primary N) is 1. The van der Waals surface area contributed by atoms with Crippen molar-refractivity contribution in [3.63, 3.8) is 0 Å². The first-order valence-electron chi connectivity index (χ1n) is 0.836. The Labute approximate surface area is 52.2 Å². The fourth-order valence-electron chi connectivity index (χ4n) is 0. The maximum atomic E-state index is 8.24. The normalized spacial score (nSPS) is 3.00. The molecule has 0 spiro atoms. The molecule has 0 amide bonds. The van der Waals surface area contributed by atoms with Gasteiger partial charge >= 0.3 is 0 Å². The fourth-order valence-corrected chi connectivity index (χ4v) is 0. The SMILES string of the molecule is N[SiH2].O=[C-]O.[Zn]. The van der Waals surface area contributed by atoms with E-state index in [0.717, 1.165) is 0 Å². The molecule has 33 valence electrons. The molecule has 0 aliphatic rings. The summed E-state index contributed by atoms with van der Waals surface area (Å²) in [5.74, 6) is 0. The van der Waals surface area contributed by atoms with Crippen LogP contribution in [0.3, 0.4) is 0 Å². The van der Waals surface area contributed by atoms with Crippen LogP contribution < -0.4 is 5.40 Å². The van der Waals surface area contributed by atoms with E-state index in [2.05, 4.69) is 5.40 Å². The van der Waals surface area contributed by atoms with Crippen molar-refractivity contribution >= 4 is 16.9 Å². The van der Waals surface area contributed by atoms with Gasteiger partial charge in [-0.25, -0.2) is 0 Å². The third kappa shape index (κ3) is 625. The van der Waals surface area contributed by atoms with Gasteiger partial charge in [-0.05, 0) is 0 Å². The molecule has 0 aliphatic carbocycles. The average molecular weight is 157 g/mol. The molecule has 0 heterocycles. The number of rotatable bonds is 0. The third-order valence-corrected chi connectivity index (χ3v) is 0. The van der Waals surface area contributed by atoms with E-state index in [9.17, 15) is 0 Å². The van der Waals surface area contributed by atoms with Crippen molar-refractivity contribution in [1.82, 2.24) is 0 Å². The van der Waals surface area contributed by atoms with E-state index < -0.39 is 0 Å².